The predicted molar refractivity (Wildman–Crippen MR) is 215 cm³/mol. The molecule has 2 fully saturated rings. The van der Waals surface area contributed by atoms with E-state index in [-0.39, 0.29) is 49.4 Å². The van der Waals surface area contributed by atoms with Gasteiger partial charge in [0, 0.05) is 72.8 Å². The van der Waals surface area contributed by atoms with Crippen molar-refractivity contribution in [1.29, 1.82) is 0 Å². The highest BCUT2D eigenvalue weighted by molar-refractivity contribution is 6.23. The number of piperidine rings is 1. The third-order valence-electron chi connectivity index (χ3n) is 10.8. The number of ether oxygens (including phenoxy) is 4. The maximum Gasteiger partial charge on any atom is 0.262 e. The van der Waals surface area contributed by atoms with Crippen molar-refractivity contribution in [1.82, 2.24) is 29.7 Å². The summed E-state index contributed by atoms with van der Waals surface area (Å²) in [7, 11) is 2.07. The highest BCUT2D eigenvalue weighted by atomic mass is 16.5. The van der Waals surface area contributed by atoms with Crippen molar-refractivity contribution in [2.75, 3.05) is 13.2 Å². The fraction of sp³-hybridized carbons (Fsp3) is 0.267. The molecular formula is C45H38N6O8. The van der Waals surface area contributed by atoms with E-state index in [0.29, 0.717) is 23.1 Å². The highest BCUT2D eigenvalue weighted by Gasteiger charge is 2.44. The first-order valence-corrected chi connectivity index (χ1v) is 19.4. The van der Waals surface area contributed by atoms with Gasteiger partial charge in [-0.1, -0.05) is 18.1 Å². The third kappa shape index (κ3) is 7.55. The van der Waals surface area contributed by atoms with Gasteiger partial charge in [0.2, 0.25) is 17.7 Å². The zero-order chi connectivity index (χ0) is 40.6. The van der Waals surface area contributed by atoms with Crippen LogP contribution in [0.25, 0.3) is 32.9 Å². The van der Waals surface area contributed by atoms with Crippen molar-refractivity contribution in [3.8, 4) is 40.3 Å². The fourth-order valence-corrected chi connectivity index (χ4v) is 7.59. The van der Waals surface area contributed by atoms with Gasteiger partial charge in [-0.25, -0.2) is 9.97 Å². The number of aryl methyl sites for hydroxylation is 1. The first-order chi connectivity index (χ1) is 28.7. The summed E-state index contributed by atoms with van der Waals surface area (Å²) >= 11 is 0. The number of fused-ring (bicyclic) bond motifs is 4. The van der Waals surface area contributed by atoms with Crippen LogP contribution in [0.1, 0.15) is 59.0 Å². The molecule has 296 valence electrons. The molecule has 2 aromatic carbocycles. The Kier molecular flexibility index (Phi) is 9.95. The molecule has 1 N–H and O–H groups in total. The summed E-state index contributed by atoms with van der Waals surface area (Å²) in [5.41, 5.74) is 5.30. The van der Waals surface area contributed by atoms with Gasteiger partial charge < -0.3 is 23.5 Å². The van der Waals surface area contributed by atoms with E-state index in [2.05, 4.69) is 61.9 Å². The van der Waals surface area contributed by atoms with Gasteiger partial charge in [0.05, 0.1) is 29.4 Å². The molecule has 4 amide bonds. The van der Waals surface area contributed by atoms with Crippen molar-refractivity contribution in [3.05, 3.63) is 108 Å². The van der Waals surface area contributed by atoms with E-state index in [1.54, 1.807) is 18.3 Å². The SMILES string of the molecule is CC(C#Cc1ccc(O[C@H]2C[C@H](Oc3ccc(-c4ccc5c6cnccc6n(C)c5c4)cn3)C2)cn1)OCCOc1ccc2c(c1)C(=O)N(C1CCC(=O)NC1=O)C2=O. The zero-order valence-electron chi connectivity index (χ0n) is 32.2. The Morgan fingerprint density at radius 3 is 2.41 bits per heavy atom. The van der Waals surface area contributed by atoms with Gasteiger partial charge in [0.25, 0.3) is 11.8 Å². The molecule has 2 aliphatic heterocycles. The molecule has 6 aromatic rings. The molecule has 14 nitrogen and oxygen atoms in total. The summed E-state index contributed by atoms with van der Waals surface area (Å²) in [5, 5.41) is 4.50. The minimum Gasteiger partial charge on any atom is -0.491 e. The zero-order valence-corrected chi connectivity index (χ0v) is 32.2. The molecule has 1 saturated carbocycles. The number of carbonyl (C=O) groups is 4. The lowest BCUT2D eigenvalue weighted by Gasteiger charge is -2.34. The molecule has 1 aliphatic carbocycles. The van der Waals surface area contributed by atoms with Crippen LogP contribution >= 0.6 is 0 Å². The van der Waals surface area contributed by atoms with E-state index in [1.165, 1.54) is 17.5 Å². The maximum absolute atomic E-state index is 13.1. The Labute approximate surface area is 338 Å². The molecule has 14 heteroatoms. The first kappa shape index (κ1) is 37.5. The quantitative estimate of drug-likeness (QED) is 0.101. The van der Waals surface area contributed by atoms with E-state index in [4.69, 9.17) is 18.9 Å². The number of amides is 4. The number of carbonyl (C=O) groups excluding carboxylic acids is 4. The normalized spacial score (nSPS) is 19.2. The number of hydrogen-bond donors (Lipinski definition) is 1. The number of hydrogen-bond acceptors (Lipinski definition) is 11. The summed E-state index contributed by atoms with van der Waals surface area (Å²) in [6.45, 7) is 2.21. The number of imide groups is 2. The Balaban J connectivity index is 0.696. The number of benzene rings is 2. The molecule has 1 saturated heterocycles. The molecule has 6 heterocycles. The van der Waals surface area contributed by atoms with Crippen molar-refractivity contribution < 1.29 is 38.1 Å². The smallest absolute Gasteiger partial charge is 0.262 e. The van der Waals surface area contributed by atoms with Crippen LogP contribution in [-0.4, -0.2) is 85.6 Å². The number of nitrogens with zero attached hydrogens (tertiary/aromatic N) is 5. The van der Waals surface area contributed by atoms with Crippen LogP contribution in [-0.2, 0) is 21.4 Å². The Morgan fingerprint density at radius 1 is 0.797 bits per heavy atom. The van der Waals surface area contributed by atoms with Crippen LogP contribution in [0.4, 0.5) is 0 Å². The molecule has 2 unspecified atom stereocenters. The van der Waals surface area contributed by atoms with Crippen LogP contribution in [0.3, 0.4) is 0 Å². The summed E-state index contributed by atoms with van der Waals surface area (Å²) in [6.07, 6.45) is 8.48. The Hall–Kier alpha value is -7.11. The fourth-order valence-electron chi connectivity index (χ4n) is 7.59. The van der Waals surface area contributed by atoms with Gasteiger partial charge in [-0.05, 0) is 73.4 Å². The monoisotopic (exact) mass is 790 g/mol. The lowest BCUT2D eigenvalue weighted by molar-refractivity contribution is -0.136. The summed E-state index contributed by atoms with van der Waals surface area (Å²) in [5.74, 6) is 5.41. The van der Waals surface area contributed by atoms with Gasteiger partial charge in [0.1, 0.15) is 48.2 Å². The highest BCUT2D eigenvalue weighted by Crippen LogP contribution is 2.34. The standard InChI is InChI=1S/C45H38N6O8/c1-26(56-17-18-57-30-9-11-35-36(22-30)45(55)51(44(35)54)39-12-13-41(52)49-43(39)53)3-6-29-7-8-31(24-47-29)58-32-20-33(21-32)59-42-14-5-28(23-48-42)27-4-10-34-37-25-46-16-15-38(37)50(2)40(34)19-27/h4-5,7-11,14-16,19,22-26,32-33,39H,12-13,17-18,20-21H2,1-2H3,(H,49,52,53)/t26?,32-,33-,39?. The van der Waals surface area contributed by atoms with Gasteiger partial charge in [0.15, 0.2) is 0 Å². The van der Waals surface area contributed by atoms with Crippen molar-refractivity contribution in [2.24, 2.45) is 7.05 Å². The number of rotatable bonds is 11. The molecule has 0 radical (unpaired) electrons. The maximum atomic E-state index is 13.1. The van der Waals surface area contributed by atoms with Crippen LogP contribution in [0.5, 0.6) is 17.4 Å². The Morgan fingerprint density at radius 2 is 1.61 bits per heavy atom. The number of nitrogens with one attached hydrogen (secondary N) is 1. The summed E-state index contributed by atoms with van der Waals surface area (Å²) in [6, 6.07) is 19.6. The van der Waals surface area contributed by atoms with Gasteiger partial charge >= 0.3 is 0 Å². The number of pyridine rings is 3. The topological polar surface area (TPSA) is 164 Å². The summed E-state index contributed by atoms with van der Waals surface area (Å²) < 4.78 is 25.9. The number of aromatic nitrogens is 4. The van der Waals surface area contributed by atoms with Crippen molar-refractivity contribution in [3.63, 3.8) is 0 Å². The second kappa shape index (κ2) is 15.7. The lowest BCUT2D eigenvalue weighted by atomic mass is 9.92. The van der Waals surface area contributed by atoms with Crippen LogP contribution in [0.2, 0.25) is 0 Å². The van der Waals surface area contributed by atoms with Gasteiger partial charge in [-0.2, -0.15) is 0 Å². The van der Waals surface area contributed by atoms with Gasteiger partial charge in [-0.15, -0.1) is 0 Å². The second-order valence-corrected chi connectivity index (χ2v) is 14.7. The minimum absolute atomic E-state index is 0.0173. The average Bonchev–Trinajstić information content (AvgIpc) is 3.66. The minimum atomic E-state index is -1.03. The molecule has 0 bridgehead atoms. The van der Waals surface area contributed by atoms with E-state index in [9.17, 15) is 19.2 Å². The molecule has 0 spiro atoms. The molecule has 3 aliphatic rings. The molecule has 9 rings (SSSR count). The largest absolute Gasteiger partial charge is 0.491 e. The molecular weight excluding hydrogens is 753 g/mol. The lowest BCUT2D eigenvalue weighted by Crippen LogP contribution is -2.54. The third-order valence-corrected chi connectivity index (χ3v) is 10.8. The van der Waals surface area contributed by atoms with Crippen LogP contribution < -0.4 is 19.5 Å². The van der Waals surface area contributed by atoms with E-state index in [0.717, 1.165) is 45.3 Å². The van der Waals surface area contributed by atoms with E-state index < -0.39 is 35.8 Å². The van der Waals surface area contributed by atoms with Crippen LogP contribution in [0.15, 0.2) is 91.5 Å². The molecule has 2 atom stereocenters. The van der Waals surface area contributed by atoms with Crippen LogP contribution in [0, 0.1) is 11.8 Å². The average molecular weight is 791 g/mol. The van der Waals surface area contributed by atoms with Gasteiger partial charge in [-0.3, -0.25) is 34.4 Å². The van der Waals surface area contributed by atoms with Crippen molar-refractivity contribution in [2.45, 2.75) is 57.0 Å². The van der Waals surface area contributed by atoms with E-state index >= 15 is 0 Å². The van der Waals surface area contributed by atoms with E-state index in [1.807, 2.05) is 49.8 Å². The van der Waals surface area contributed by atoms with Crippen molar-refractivity contribution >= 4 is 45.4 Å². The summed E-state index contributed by atoms with van der Waals surface area (Å²) in [4.78, 5) is 64.0. The first-order valence-electron chi connectivity index (χ1n) is 19.4. The molecule has 4 aromatic heterocycles. The Bertz CT molecular complexity index is 2700. The predicted octanol–water partition coefficient (Wildman–Crippen LogP) is 5.41. The second-order valence-electron chi connectivity index (χ2n) is 14.7. The molecule has 59 heavy (non-hydrogen) atoms.